The van der Waals surface area contributed by atoms with Crippen LogP contribution in [0.4, 0.5) is 0 Å². The van der Waals surface area contributed by atoms with Crippen molar-refractivity contribution >= 4 is 11.6 Å². The van der Waals surface area contributed by atoms with E-state index in [4.69, 9.17) is 10.9 Å². The predicted molar refractivity (Wildman–Crippen MR) is 40.8 cm³/mol. The summed E-state index contributed by atoms with van der Waals surface area (Å²) < 4.78 is 0. The molecule has 5 heteroatoms. The summed E-state index contributed by atoms with van der Waals surface area (Å²) in [5.41, 5.74) is -0.0139. The van der Waals surface area contributed by atoms with Crippen LogP contribution in [0.1, 0.15) is 0 Å². The normalized spacial score (nSPS) is 17.2. The van der Waals surface area contributed by atoms with Gasteiger partial charge in [-0.05, 0) is 0 Å². The Morgan fingerprint density at radius 1 is 1.42 bits per heavy atom. The van der Waals surface area contributed by atoms with Crippen molar-refractivity contribution in [3.8, 4) is 0 Å². The van der Waals surface area contributed by atoms with E-state index < -0.39 is 17.3 Å². The van der Waals surface area contributed by atoms with Crippen LogP contribution < -0.4 is 5.84 Å². The number of aliphatic hydroxyl groups is 1. The van der Waals surface area contributed by atoms with Gasteiger partial charge in [-0.3, -0.25) is 9.59 Å². The molecule has 0 spiro atoms. The highest BCUT2D eigenvalue weighted by atomic mass is 16.3. The Bertz CT molecular complexity index is 302. The minimum Gasteiger partial charge on any atom is -0.504 e. The van der Waals surface area contributed by atoms with Gasteiger partial charge in [0.15, 0.2) is 11.5 Å². The van der Waals surface area contributed by atoms with Crippen LogP contribution in [0, 0.1) is 0 Å². The Labute approximate surface area is 68.7 Å². The molecule has 0 amide bonds. The fourth-order valence-electron chi connectivity index (χ4n) is 0.835. The van der Waals surface area contributed by atoms with Crippen molar-refractivity contribution in [3.05, 3.63) is 23.6 Å². The van der Waals surface area contributed by atoms with E-state index >= 15 is 0 Å². The molecule has 1 rings (SSSR count). The van der Waals surface area contributed by atoms with Gasteiger partial charge in [0.1, 0.15) is 5.70 Å². The van der Waals surface area contributed by atoms with Crippen molar-refractivity contribution in [2.45, 2.75) is 0 Å². The minimum atomic E-state index is -0.639. The highest BCUT2D eigenvalue weighted by Gasteiger charge is 2.22. The third-order valence-corrected chi connectivity index (χ3v) is 1.40. The number of aliphatic hydroxyl groups excluding tert-OH is 1. The number of hydrogen-bond acceptors (Lipinski definition) is 5. The molecule has 0 aliphatic heterocycles. The molecule has 0 unspecified atom stereocenters. The molecule has 0 heterocycles. The number of carbonyl (C=O) groups excluding carboxylic acids is 2. The number of hydrogen-bond donors (Lipinski definition) is 2. The molecule has 64 valence electrons. The fraction of sp³-hybridized carbons (Fsp3) is 0.143. The summed E-state index contributed by atoms with van der Waals surface area (Å²) in [5.74, 6) is 3.58. The second kappa shape index (κ2) is 2.78. The van der Waals surface area contributed by atoms with E-state index in [1.807, 2.05) is 0 Å². The number of nitrogens with zero attached hydrogens (tertiary/aromatic N) is 1. The van der Waals surface area contributed by atoms with Gasteiger partial charge in [0.2, 0.25) is 5.78 Å². The first-order valence-corrected chi connectivity index (χ1v) is 3.22. The molecular weight excluding hydrogens is 160 g/mol. The molecule has 0 radical (unpaired) electrons. The molecule has 0 aromatic carbocycles. The van der Waals surface area contributed by atoms with Crippen LogP contribution in [0.25, 0.3) is 0 Å². The van der Waals surface area contributed by atoms with Crippen LogP contribution in [-0.4, -0.2) is 28.7 Å². The lowest BCUT2D eigenvalue weighted by Crippen LogP contribution is -2.32. The quantitative estimate of drug-likeness (QED) is 0.306. The summed E-state index contributed by atoms with van der Waals surface area (Å²) in [6.45, 7) is 0. The van der Waals surface area contributed by atoms with E-state index in [0.717, 1.165) is 17.2 Å². The summed E-state index contributed by atoms with van der Waals surface area (Å²) in [4.78, 5) is 21.8. The second-order valence-corrected chi connectivity index (χ2v) is 2.40. The Morgan fingerprint density at radius 3 is 2.50 bits per heavy atom. The van der Waals surface area contributed by atoms with Gasteiger partial charge in [0.05, 0.1) is 0 Å². The minimum absolute atomic E-state index is 0.0139. The summed E-state index contributed by atoms with van der Waals surface area (Å²) in [6, 6.07) is 0. The number of ketones is 2. The van der Waals surface area contributed by atoms with Crippen LogP contribution >= 0.6 is 0 Å². The standard InChI is InChI=1S/C7H8N2O3/c1-9(8)5-2-4(10)3-6(11)7(5)12/h2-3,11H,8H2,1H3. The molecule has 1 aliphatic carbocycles. The lowest BCUT2D eigenvalue weighted by molar-refractivity contribution is -0.118. The van der Waals surface area contributed by atoms with Crippen molar-refractivity contribution in [3.63, 3.8) is 0 Å². The van der Waals surface area contributed by atoms with Crippen LogP contribution in [0.5, 0.6) is 0 Å². The van der Waals surface area contributed by atoms with E-state index in [-0.39, 0.29) is 5.70 Å². The Morgan fingerprint density at radius 2 is 2.00 bits per heavy atom. The third-order valence-electron chi connectivity index (χ3n) is 1.40. The molecule has 5 nitrogen and oxygen atoms in total. The first-order chi connectivity index (χ1) is 5.52. The molecule has 0 aromatic rings. The zero-order chi connectivity index (χ0) is 9.30. The molecule has 0 fully saturated rings. The van der Waals surface area contributed by atoms with Gasteiger partial charge < -0.3 is 10.1 Å². The molecule has 0 saturated carbocycles. The van der Waals surface area contributed by atoms with Crippen molar-refractivity contribution in [2.75, 3.05) is 7.05 Å². The molecular formula is C7H8N2O3. The van der Waals surface area contributed by atoms with Gasteiger partial charge in [0, 0.05) is 19.2 Å². The Hall–Kier alpha value is -1.62. The molecule has 0 aromatic heterocycles. The van der Waals surface area contributed by atoms with E-state index in [9.17, 15) is 9.59 Å². The highest BCUT2D eigenvalue weighted by Crippen LogP contribution is 2.10. The summed E-state index contributed by atoms with van der Waals surface area (Å²) >= 11 is 0. The number of rotatable bonds is 1. The van der Waals surface area contributed by atoms with E-state index in [0.29, 0.717) is 0 Å². The number of allylic oxidation sites excluding steroid dienone is 2. The summed E-state index contributed by atoms with van der Waals surface area (Å²) in [7, 11) is 1.41. The molecule has 0 bridgehead atoms. The monoisotopic (exact) mass is 168 g/mol. The number of Topliss-reactive ketones (excluding diaryl/α,β-unsaturated/α-hetero) is 1. The average molecular weight is 168 g/mol. The molecule has 1 aliphatic rings. The lowest BCUT2D eigenvalue weighted by Gasteiger charge is -2.16. The Balaban J connectivity index is 3.04. The van der Waals surface area contributed by atoms with Gasteiger partial charge >= 0.3 is 0 Å². The fourth-order valence-corrected chi connectivity index (χ4v) is 0.835. The zero-order valence-corrected chi connectivity index (χ0v) is 6.44. The maximum Gasteiger partial charge on any atom is 0.244 e. The average Bonchev–Trinajstić information content (AvgIpc) is 1.96. The predicted octanol–water partition coefficient (Wildman–Crippen LogP) is -0.730. The highest BCUT2D eigenvalue weighted by molar-refractivity contribution is 6.18. The summed E-state index contributed by atoms with van der Waals surface area (Å²) in [5, 5.41) is 9.92. The molecule has 0 atom stereocenters. The number of carbonyl (C=O) groups is 2. The van der Waals surface area contributed by atoms with Crippen molar-refractivity contribution in [2.24, 2.45) is 5.84 Å². The third kappa shape index (κ3) is 1.35. The van der Waals surface area contributed by atoms with Gasteiger partial charge in [-0.15, -0.1) is 0 Å². The maximum atomic E-state index is 11.1. The van der Waals surface area contributed by atoms with Crippen molar-refractivity contribution < 1.29 is 14.7 Å². The van der Waals surface area contributed by atoms with E-state index in [1.54, 1.807) is 0 Å². The molecule has 0 saturated heterocycles. The SMILES string of the molecule is CN(N)C1=CC(=O)C=C(O)C1=O. The van der Waals surface area contributed by atoms with E-state index in [1.165, 1.54) is 7.05 Å². The second-order valence-electron chi connectivity index (χ2n) is 2.40. The van der Waals surface area contributed by atoms with Gasteiger partial charge in [0.25, 0.3) is 0 Å². The topological polar surface area (TPSA) is 83.6 Å². The number of hydrazine groups is 1. The number of nitrogens with two attached hydrogens (primary N) is 1. The van der Waals surface area contributed by atoms with Crippen molar-refractivity contribution in [1.29, 1.82) is 0 Å². The smallest absolute Gasteiger partial charge is 0.244 e. The first-order valence-electron chi connectivity index (χ1n) is 3.22. The largest absolute Gasteiger partial charge is 0.504 e. The van der Waals surface area contributed by atoms with E-state index in [2.05, 4.69) is 0 Å². The zero-order valence-electron chi connectivity index (χ0n) is 6.44. The molecule has 3 N–H and O–H groups in total. The van der Waals surface area contributed by atoms with Crippen molar-refractivity contribution in [1.82, 2.24) is 5.01 Å². The molecule has 12 heavy (non-hydrogen) atoms. The summed E-state index contributed by atoms with van der Waals surface area (Å²) in [6.07, 6.45) is 1.93. The van der Waals surface area contributed by atoms with Crippen LogP contribution in [0.15, 0.2) is 23.6 Å². The van der Waals surface area contributed by atoms with Gasteiger partial charge in [-0.1, -0.05) is 0 Å². The van der Waals surface area contributed by atoms with Crippen LogP contribution in [0.2, 0.25) is 0 Å². The Kier molecular flexibility index (Phi) is 1.97. The van der Waals surface area contributed by atoms with Gasteiger partial charge in [-0.2, -0.15) is 0 Å². The maximum absolute atomic E-state index is 11.1. The van der Waals surface area contributed by atoms with Gasteiger partial charge in [-0.25, -0.2) is 5.84 Å². The first kappa shape index (κ1) is 8.48. The number of likely N-dealkylation sites (N-methyl/N-ethyl adjacent to an activating group) is 1. The van der Waals surface area contributed by atoms with Crippen LogP contribution in [0.3, 0.4) is 0 Å². The van der Waals surface area contributed by atoms with Crippen LogP contribution in [-0.2, 0) is 9.59 Å². The lowest BCUT2D eigenvalue weighted by atomic mass is 10.1.